The fraction of sp³-hybridized carbons (Fsp3) is 0.462. The summed E-state index contributed by atoms with van der Waals surface area (Å²) in [6.07, 6.45) is 1.02. The van der Waals surface area contributed by atoms with Crippen LogP contribution in [-0.2, 0) is 0 Å². The van der Waals surface area contributed by atoms with Gasteiger partial charge in [0.25, 0.3) is 5.91 Å². The molecule has 0 heterocycles. The molecule has 0 saturated heterocycles. The van der Waals surface area contributed by atoms with Crippen molar-refractivity contribution in [2.24, 2.45) is 5.92 Å². The fourth-order valence-electron chi connectivity index (χ4n) is 1.53. The van der Waals surface area contributed by atoms with Crippen LogP contribution in [0, 0.1) is 11.7 Å². The van der Waals surface area contributed by atoms with Crippen LogP contribution >= 0.6 is 15.9 Å². The number of rotatable bonds is 4. The van der Waals surface area contributed by atoms with E-state index in [0.29, 0.717) is 22.5 Å². The van der Waals surface area contributed by atoms with Gasteiger partial charge in [0.1, 0.15) is 5.82 Å². The maximum absolute atomic E-state index is 13.3. The van der Waals surface area contributed by atoms with Crippen LogP contribution < -0.4 is 0 Å². The maximum Gasteiger partial charge on any atom is 0.253 e. The lowest BCUT2D eigenvalue weighted by Gasteiger charge is -2.20. The molecular weight excluding hydrogens is 285 g/mol. The summed E-state index contributed by atoms with van der Waals surface area (Å²) in [5, 5.41) is 0. The molecule has 0 aromatic heterocycles. The second-order valence-electron chi connectivity index (χ2n) is 4.33. The molecule has 0 aliphatic rings. The standard InChI is InChI=1S/C13H17BrFNO/c1-4-9(2)8-16(3)13(17)10-5-6-11(14)12(15)7-10/h5-7,9H,4,8H2,1-3H3. The SMILES string of the molecule is CCC(C)CN(C)C(=O)c1ccc(Br)c(F)c1. The molecule has 4 heteroatoms. The van der Waals surface area contributed by atoms with Gasteiger partial charge >= 0.3 is 0 Å². The molecule has 0 fully saturated rings. The highest BCUT2D eigenvalue weighted by atomic mass is 79.9. The minimum Gasteiger partial charge on any atom is -0.341 e. The molecule has 0 spiro atoms. The van der Waals surface area contributed by atoms with Gasteiger partial charge in [0, 0.05) is 19.2 Å². The highest BCUT2D eigenvalue weighted by Gasteiger charge is 2.15. The zero-order valence-electron chi connectivity index (χ0n) is 10.3. The molecule has 1 aromatic rings. The van der Waals surface area contributed by atoms with E-state index in [4.69, 9.17) is 0 Å². The van der Waals surface area contributed by atoms with Crippen molar-refractivity contribution in [3.05, 3.63) is 34.1 Å². The van der Waals surface area contributed by atoms with E-state index >= 15 is 0 Å². The Morgan fingerprint density at radius 3 is 2.71 bits per heavy atom. The van der Waals surface area contributed by atoms with E-state index in [1.807, 2.05) is 0 Å². The molecule has 0 aliphatic heterocycles. The Labute approximate surface area is 110 Å². The number of hydrogen-bond acceptors (Lipinski definition) is 1. The van der Waals surface area contributed by atoms with Gasteiger partial charge < -0.3 is 4.90 Å². The number of amides is 1. The van der Waals surface area contributed by atoms with E-state index in [0.717, 1.165) is 6.42 Å². The first kappa shape index (κ1) is 14.2. The fourth-order valence-corrected chi connectivity index (χ4v) is 1.78. The normalized spacial score (nSPS) is 12.3. The van der Waals surface area contributed by atoms with Crippen molar-refractivity contribution in [2.75, 3.05) is 13.6 Å². The van der Waals surface area contributed by atoms with Crippen LogP contribution in [-0.4, -0.2) is 24.4 Å². The quantitative estimate of drug-likeness (QED) is 0.830. The molecule has 1 atom stereocenters. The molecule has 0 bridgehead atoms. The number of hydrogen-bond donors (Lipinski definition) is 0. The van der Waals surface area contributed by atoms with E-state index in [-0.39, 0.29) is 5.91 Å². The average molecular weight is 302 g/mol. The number of carbonyl (C=O) groups is 1. The van der Waals surface area contributed by atoms with Crippen LogP contribution in [0.25, 0.3) is 0 Å². The predicted molar refractivity (Wildman–Crippen MR) is 70.5 cm³/mol. The van der Waals surface area contributed by atoms with Crippen molar-refractivity contribution in [3.8, 4) is 0 Å². The van der Waals surface area contributed by atoms with Crippen LogP contribution in [0.15, 0.2) is 22.7 Å². The third-order valence-electron chi connectivity index (χ3n) is 2.80. The van der Waals surface area contributed by atoms with Crippen molar-refractivity contribution in [1.29, 1.82) is 0 Å². The Bertz CT molecular complexity index is 408. The summed E-state index contributed by atoms with van der Waals surface area (Å²) in [6, 6.07) is 4.45. The molecule has 1 aromatic carbocycles. The lowest BCUT2D eigenvalue weighted by Crippen LogP contribution is -2.30. The van der Waals surface area contributed by atoms with Crippen LogP contribution in [0.5, 0.6) is 0 Å². The zero-order valence-corrected chi connectivity index (χ0v) is 11.9. The summed E-state index contributed by atoms with van der Waals surface area (Å²) in [7, 11) is 1.74. The van der Waals surface area contributed by atoms with Gasteiger partial charge in [0.05, 0.1) is 4.47 Å². The molecule has 2 nitrogen and oxygen atoms in total. The van der Waals surface area contributed by atoms with Gasteiger partial charge in [-0.1, -0.05) is 20.3 Å². The summed E-state index contributed by atoms with van der Waals surface area (Å²) in [6.45, 7) is 4.86. The highest BCUT2D eigenvalue weighted by molar-refractivity contribution is 9.10. The minimum atomic E-state index is -0.409. The van der Waals surface area contributed by atoms with E-state index in [9.17, 15) is 9.18 Å². The molecule has 1 unspecified atom stereocenters. The van der Waals surface area contributed by atoms with Gasteiger partial charge in [0.2, 0.25) is 0 Å². The van der Waals surface area contributed by atoms with E-state index in [1.54, 1.807) is 24.1 Å². The van der Waals surface area contributed by atoms with Crippen LogP contribution in [0.1, 0.15) is 30.6 Å². The van der Waals surface area contributed by atoms with E-state index < -0.39 is 5.82 Å². The Morgan fingerprint density at radius 2 is 2.18 bits per heavy atom. The number of halogens is 2. The predicted octanol–water partition coefficient (Wildman–Crippen LogP) is 3.71. The molecule has 0 aliphatic carbocycles. The first-order chi connectivity index (χ1) is 7.95. The van der Waals surface area contributed by atoms with Gasteiger partial charge in [0.15, 0.2) is 0 Å². The largest absolute Gasteiger partial charge is 0.341 e. The van der Waals surface area contributed by atoms with Gasteiger partial charge in [-0.15, -0.1) is 0 Å². The number of carbonyl (C=O) groups excluding carboxylic acids is 1. The van der Waals surface area contributed by atoms with Crippen molar-refractivity contribution >= 4 is 21.8 Å². The summed E-state index contributed by atoms with van der Waals surface area (Å²) in [5.74, 6) is -0.103. The lowest BCUT2D eigenvalue weighted by atomic mass is 10.1. The average Bonchev–Trinajstić information content (AvgIpc) is 2.31. The second-order valence-corrected chi connectivity index (χ2v) is 5.18. The summed E-state index contributed by atoms with van der Waals surface area (Å²) in [4.78, 5) is 13.6. The monoisotopic (exact) mass is 301 g/mol. The molecule has 94 valence electrons. The van der Waals surface area contributed by atoms with Gasteiger partial charge in [-0.3, -0.25) is 4.79 Å². The topological polar surface area (TPSA) is 20.3 Å². The maximum atomic E-state index is 13.3. The summed E-state index contributed by atoms with van der Waals surface area (Å²) in [5.41, 5.74) is 0.386. The molecule has 1 rings (SSSR count). The highest BCUT2D eigenvalue weighted by Crippen LogP contribution is 2.17. The third-order valence-corrected chi connectivity index (χ3v) is 3.44. The van der Waals surface area contributed by atoms with Crippen molar-refractivity contribution in [2.45, 2.75) is 20.3 Å². The van der Waals surface area contributed by atoms with Crippen LogP contribution in [0.3, 0.4) is 0 Å². The van der Waals surface area contributed by atoms with Crippen LogP contribution in [0.4, 0.5) is 4.39 Å². The summed E-state index contributed by atoms with van der Waals surface area (Å²) < 4.78 is 13.7. The van der Waals surface area contributed by atoms with E-state index in [2.05, 4.69) is 29.8 Å². The Balaban J connectivity index is 2.78. The van der Waals surface area contributed by atoms with Gasteiger partial charge in [-0.05, 0) is 40.0 Å². The first-order valence-electron chi connectivity index (χ1n) is 5.66. The van der Waals surface area contributed by atoms with Crippen molar-refractivity contribution in [3.63, 3.8) is 0 Å². The molecule has 0 N–H and O–H groups in total. The van der Waals surface area contributed by atoms with E-state index in [1.165, 1.54) is 6.07 Å². The zero-order chi connectivity index (χ0) is 13.0. The Morgan fingerprint density at radius 1 is 1.53 bits per heavy atom. The first-order valence-corrected chi connectivity index (χ1v) is 6.45. The second kappa shape index (κ2) is 6.15. The smallest absolute Gasteiger partial charge is 0.253 e. The number of nitrogens with zero attached hydrogens (tertiary/aromatic N) is 1. The third kappa shape index (κ3) is 3.80. The Hall–Kier alpha value is -0.900. The molecule has 0 saturated carbocycles. The Kier molecular flexibility index (Phi) is 5.12. The van der Waals surface area contributed by atoms with Crippen LogP contribution in [0.2, 0.25) is 0 Å². The molecule has 1 amide bonds. The summed E-state index contributed by atoms with van der Waals surface area (Å²) >= 11 is 3.07. The molecule has 0 radical (unpaired) electrons. The molecule has 17 heavy (non-hydrogen) atoms. The number of benzene rings is 1. The minimum absolute atomic E-state index is 0.142. The van der Waals surface area contributed by atoms with Crippen molar-refractivity contribution in [1.82, 2.24) is 4.90 Å². The van der Waals surface area contributed by atoms with Gasteiger partial charge in [-0.25, -0.2) is 4.39 Å². The molecular formula is C13H17BrFNO. The van der Waals surface area contributed by atoms with Gasteiger partial charge in [-0.2, -0.15) is 0 Å². The lowest BCUT2D eigenvalue weighted by molar-refractivity contribution is 0.0774. The van der Waals surface area contributed by atoms with Crippen molar-refractivity contribution < 1.29 is 9.18 Å².